The summed E-state index contributed by atoms with van der Waals surface area (Å²) in [5.41, 5.74) is 1.75. The van der Waals surface area contributed by atoms with E-state index in [9.17, 15) is 4.79 Å². The lowest BCUT2D eigenvalue weighted by molar-refractivity contribution is 0.140. The highest BCUT2D eigenvalue weighted by Crippen LogP contribution is 2.05. The van der Waals surface area contributed by atoms with Crippen LogP contribution in [0.1, 0.15) is 17.5 Å². The topological polar surface area (TPSA) is 51.2 Å². The number of carbonyl (C=O) groups is 1. The fourth-order valence-corrected chi connectivity index (χ4v) is 1.82. The number of benzene rings is 1. The molecule has 0 aliphatic rings. The number of hydrogen-bond donors (Lipinski definition) is 1. The average Bonchev–Trinajstić information content (AvgIpc) is 2.54. The molecule has 1 aromatic carbocycles. The van der Waals surface area contributed by atoms with Crippen molar-refractivity contribution in [1.82, 2.24) is 10.3 Å². The Morgan fingerprint density at radius 3 is 2.86 bits per heavy atom. The molecule has 2 aromatic rings. The van der Waals surface area contributed by atoms with Crippen molar-refractivity contribution in [2.24, 2.45) is 0 Å². The van der Waals surface area contributed by atoms with E-state index in [1.807, 2.05) is 30.3 Å². The largest absolute Gasteiger partial charge is 0.445 e. The molecule has 2 rings (SSSR count). The van der Waals surface area contributed by atoms with E-state index in [0.717, 1.165) is 11.1 Å². The zero-order chi connectivity index (χ0) is 15.6. The molecule has 1 heterocycles. The van der Waals surface area contributed by atoms with E-state index in [1.165, 1.54) is 0 Å². The molecule has 0 spiro atoms. The molecule has 0 atom stereocenters. The van der Waals surface area contributed by atoms with Gasteiger partial charge >= 0.3 is 6.09 Å². The molecule has 4 nitrogen and oxygen atoms in total. The molecule has 0 unspecified atom stereocenters. The molecular formula is C17H15ClN2O2. The first-order valence-electron chi connectivity index (χ1n) is 6.79. The summed E-state index contributed by atoms with van der Waals surface area (Å²) in [5, 5.41) is 3.06. The van der Waals surface area contributed by atoms with Gasteiger partial charge in [0.05, 0.1) is 0 Å². The molecule has 0 saturated heterocycles. The third-order valence-electron chi connectivity index (χ3n) is 2.69. The third-order valence-corrected chi connectivity index (χ3v) is 2.90. The van der Waals surface area contributed by atoms with Crippen LogP contribution in [0.4, 0.5) is 4.79 Å². The minimum atomic E-state index is -0.447. The van der Waals surface area contributed by atoms with E-state index in [0.29, 0.717) is 18.1 Å². The number of pyridine rings is 1. The second-order valence-electron chi connectivity index (χ2n) is 4.41. The molecule has 0 bridgehead atoms. The number of alkyl carbamates (subject to hydrolysis) is 1. The minimum Gasteiger partial charge on any atom is -0.445 e. The lowest BCUT2D eigenvalue weighted by Gasteiger charge is -2.05. The Labute approximate surface area is 134 Å². The predicted molar refractivity (Wildman–Crippen MR) is 85.4 cm³/mol. The summed E-state index contributed by atoms with van der Waals surface area (Å²) in [6.45, 7) is 0.688. The van der Waals surface area contributed by atoms with Crippen LogP contribution >= 0.6 is 11.6 Å². The van der Waals surface area contributed by atoms with Gasteiger partial charge < -0.3 is 10.1 Å². The van der Waals surface area contributed by atoms with Gasteiger partial charge in [0.2, 0.25) is 0 Å². The van der Waals surface area contributed by atoms with Gasteiger partial charge in [0.1, 0.15) is 11.8 Å². The number of nitrogens with one attached hydrogen (secondary N) is 1. The highest BCUT2D eigenvalue weighted by Gasteiger charge is 2.00. The van der Waals surface area contributed by atoms with E-state index in [2.05, 4.69) is 22.1 Å². The number of carbonyl (C=O) groups excluding carboxylic acids is 1. The number of ether oxygens (including phenoxy) is 1. The Morgan fingerprint density at radius 1 is 1.27 bits per heavy atom. The number of rotatable bonds is 4. The second-order valence-corrected chi connectivity index (χ2v) is 4.79. The Morgan fingerprint density at radius 2 is 2.09 bits per heavy atom. The van der Waals surface area contributed by atoms with Crippen molar-refractivity contribution in [2.45, 2.75) is 13.0 Å². The fraction of sp³-hybridized carbons (Fsp3) is 0.176. The SMILES string of the molecule is O=C(NCCC#Cc1ccnc(Cl)c1)OCc1ccccc1. The van der Waals surface area contributed by atoms with Crippen LogP contribution in [0.25, 0.3) is 0 Å². The molecular weight excluding hydrogens is 300 g/mol. The first kappa shape index (κ1) is 15.9. The standard InChI is InChI=1S/C17H15ClN2O2/c18-16-12-14(9-11-19-16)6-4-5-10-20-17(21)22-13-15-7-2-1-3-8-15/h1-3,7-9,11-12H,5,10,13H2,(H,20,21). The van der Waals surface area contributed by atoms with Crippen molar-refractivity contribution >= 4 is 17.7 Å². The maximum absolute atomic E-state index is 11.5. The molecule has 5 heteroatoms. The normalized spacial score (nSPS) is 9.50. The van der Waals surface area contributed by atoms with Gasteiger partial charge in [-0.1, -0.05) is 53.8 Å². The fourth-order valence-electron chi connectivity index (χ4n) is 1.65. The van der Waals surface area contributed by atoms with Gasteiger partial charge in [-0.05, 0) is 17.7 Å². The van der Waals surface area contributed by atoms with Crippen molar-refractivity contribution in [3.63, 3.8) is 0 Å². The molecule has 0 saturated carbocycles. The van der Waals surface area contributed by atoms with Gasteiger partial charge in [-0.25, -0.2) is 9.78 Å². The first-order chi connectivity index (χ1) is 10.7. The quantitative estimate of drug-likeness (QED) is 0.534. The summed E-state index contributed by atoms with van der Waals surface area (Å²) in [7, 11) is 0. The van der Waals surface area contributed by atoms with Crippen molar-refractivity contribution in [3.8, 4) is 11.8 Å². The van der Waals surface area contributed by atoms with Gasteiger partial charge in [-0.15, -0.1) is 0 Å². The van der Waals surface area contributed by atoms with Crippen LogP contribution in [-0.2, 0) is 11.3 Å². The predicted octanol–water partition coefficient (Wildman–Crippen LogP) is 3.40. The van der Waals surface area contributed by atoms with E-state index < -0.39 is 6.09 Å². The summed E-state index contributed by atoms with van der Waals surface area (Å²) in [5.74, 6) is 5.90. The van der Waals surface area contributed by atoms with Crippen LogP contribution in [0, 0.1) is 11.8 Å². The summed E-state index contributed by atoms with van der Waals surface area (Å²) in [6, 6.07) is 13.0. The smallest absolute Gasteiger partial charge is 0.407 e. The molecule has 0 aliphatic carbocycles. The number of aromatic nitrogens is 1. The van der Waals surface area contributed by atoms with Crippen molar-refractivity contribution in [3.05, 3.63) is 64.9 Å². The monoisotopic (exact) mass is 314 g/mol. The molecule has 1 aromatic heterocycles. The highest BCUT2D eigenvalue weighted by atomic mass is 35.5. The van der Waals surface area contributed by atoms with Crippen molar-refractivity contribution in [2.75, 3.05) is 6.54 Å². The van der Waals surface area contributed by atoms with E-state index >= 15 is 0 Å². The summed E-state index contributed by atoms with van der Waals surface area (Å²) < 4.78 is 5.08. The Kier molecular flexibility index (Phi) is 6.28. The molecule has 22 heavy (non-hydrogen) atoms. The van der Waals surface area contributed by atoms with Crippen molar-refractivity contribution in [1.29, 1.82) is 0 Å². The average molecular weight is 315 g/mol. The van der Waals surface area contributed by atoms with Crippen molar-refractivity contribution < 1.29 is 9.53 Å². The van der Waals surface area contributed by atoms with E-state index in [4.69, 9.17) is 16.3 Å². The summed E-state index contributed by atoms with van der Waals surface area (Å²) in [6.07, 6.45) is 1.68. The highest BCUT2D eigenvalue weighted by molar-refractivity contribution is 6.29. The summed E-state index contributed by atoms with van der Waals surface area (Å²) >= 11 is 5.76. The van der Waals surface area contributed by atoms with Crippen LogP contribution < -0.4 is 5.32 Å². The van der Waals surface area contributed by atoms with Crippen LogP contribution in [0.3, 0.4) is 0 Å². The van der Waals surface area contributed by atoms with Gasteiger partial charge in [-0.2, -0.15) is 0 Å². The lowest BCUT2D eigenvalue weighted by Crippen LogP contribution is -2.24. The number of nitrogens with zero attached hydrogens (tertiary/aromatic N) is 1. The van der Waals surface area contributed by atoms with Gasteiger partial charge in [0.15, 0.2) is 0 Å². The molecule has 0 aliphatic heterocycles. The van der Waals surface area contributed by atoms with E-state index in [1.54, 1.807) is 18.3 Å². The second kappa shape index (κ2) is 8.71. The van der Waals surface area contributed by atoms with Crippen LogP contribution in [-0.4, -0.2) is 17.6 Å². The Balaban J connectivity index is 1.65. The number of halogens is 1. The van der Waals surface area contributed by atoms with E-state index in [-0.39, 0.29) is 6.61 Å². The number of amides is 1. The molecule has 112 valence electrons. The maximum Gasteiger partial charge on any atom is 0.407 e. The zero-order valence-corrected chi connectivity index (χ0v) is 12.6. The molecule has 1 N–H and O–H groups in total. The molecule has 1 amide bonds. The zero-order valence-electron chi connectivity index (χ0n) is 11.9. The first-order valence-corrected chi connectivity index (χ1v) is 7.17. The summed E-state index contributed by atoms with van der Waals surface area (Å²) in [4.78, 5) is 15.4. The van der Waals surface area contributed by atoms with Crippen LogP contribution in [0.15, 0.2) is 48.7 Å². The third kappa shape index (κ3) is 5.86. The maximum atomic E-state index is 11.5. The Bertz CT molecular complexity index is 678. The lowest BCUT2D eigenvalue weighted by atomic mass is 10.2. The van der Waals surface area contributed by atoms with Gasteiger partial charge in [-0.3, -0.25) is 0 Å². The van der Waals surface area contributed by atoms with Gasteiger partial charge in [0.25, 0.3) is 0 Å². The van der Waals surface area contributed by atoms with Gasteiger partial charge in [0, 0.05) is 24.7 Å². The van der Waals surface area contributed by atoms with Crippen LogP contribution in [0.2, 0.25) is 5.15 Å². The Hall–Kier alpha value is -2.51. The van der Waals surface area contributed by atoms with Crippen LogP contribution in [0.5, 0.6) is 0 Å². The molecule has 0 radical (unpaired) electrons. The molecule has 0 fully saturated rings. The number of hydrogen-bond acceptors (Lipinski definition) is 3. The minimum absolute atomic E-state index is 0.258.